The molecule has 0 atom stereocenters. The van der Waals surface area contributed by atoms with Crippen LogP contribution in [0.1, 0.15) is 25.7 Å². The molecule has 0 unspecified atom stereocenters. The molecule has 9 nitrogen and oxygen atoms in total. The Morgan fingerprint density at radius 3 is 2.76 bits per heavy atom. The van der Waals surface area contributed by atoms with E-state index in [2.05, 4.69) is 30.5 Å². The molecule has 0 radical (unpaired) electrons. The topological polar surface area (TPSA) is 125 Å². The van der Waals surface area contributed by atoms with Crippen LogP contribution in [0.25, 0.3) is 55.4 Å². The molecule has 1 saturated carbocycles. The fourth-order valence-corrected chi connectivity index (χ4v) is 5.67. The maximum Gasteiger partial charge on any atom is 0.227 e. The largest absolute Gasteiger partial charge is 0.336 e. The van der Waals surface area contributed by atoms with E-state index in [0.717, 1.165) is 64.1 Å². The Balaban J connectivity index is 1.25. The molecule has 37 heavy (non-hydrogen) atoms. The lowest BCUT2D eigenvalue weighted by molar-refractivity contribution is -0.119. The maximum absolute atomic E-state index is 12.6. The highest BCUT2D eigenvalue weighted by molar-refractivity contribution is 7.13. The van der Waals surface area contributed by atoms with Gasteiger partial charge in [-0.25, -0.2) is 9.97 Å². The van der Waals surface area contributed by atoms with Crippen molar-refractivity contribution in [1.82, 2.24) is 35.1 Å². The minimum Gasteiger partial charge on any atom is -0.336 e. The lowest BCUT2D eigenvalue weighted by Gasteiger charge is -2.11. The lowest BCUT2D eigenvalue weighted by Crippen LogP contribution is -2.20. The summed E-state index contributed by atoms with van der Waals surface area (Å²) in [6, 6.07) is 11.7. The molecule has 0 aliphatic heterocycles. The summed E-state index contributed by atoms with van der Waals surface area (Å²) in [6.45, 7) is 0. The van der Waals surface area contributed by atoms with Gasteiger partial charge in [0, 0.05) is 23.9 Å². The number of pyridine rings is 3. The quantitative estimate of drug-likeness (QED) is 0.271. The first-order valence-electron chi connectivity index (χ1n) is 12.2. The van der Waals surface area contributed by atoms with Crippen molar-refractivity contribution in [2.24, 2.45) is 5.92 Å². The Hall–Kier alpha value is -4.44. The van der Waals surface area contributed by atoms with Crippen molar-refractivity contribution in [2.45, 2.75) is 25.7 Å². The number of hydrogen-bond acceptors (Lipinski definition) is 7. The monoisotopic (exact) mass is 506 g/mol. The van der Waals surface area contributed by atoms with E-state index >= 15 is 0 Å². The summed E-state index contributed by atoms with van der Waals surface area (Å²) in [6.07, 6.45) is 9.34. The summed E-state index contributed by atoms with van der Waals surface area (Å²) in [4.78, 5) is 35.7. The Labute approximate surface area is 215 Å². The van der Waals surface area contributed by atoms with E-state index in [1.54, 1.807) is 29.9 Å². The van der Waals surface area contributed by atoms with Gasteiger partial charge < -0.3 is 10.3 Å². The number of anilines is 1. The average molecular weight is 507 g/mol. The number of H-pyrrole nitrogens is 2. The molecule has 3 N–H and O–H groups in total. The molecule has 182 valence electrons. The van der Waals surface area contributed by atoms with Crippen LogP contribution in [-0.2, 0) is 4.79 Å². The summed E-state index contributed by atoms with van der Waals surface area (Å²) in [5.74, 6) is 0.775. The lowest BCUT2D eigenvalue weighted by atomic mass is 10.1. The number of hydrogen-bond donors (Lipinski definition) is 3. The fraction of sp³-hybridized carbons (Fsp3) is 0.185. The normalized spacial score (nSPS) is 14.1. The molecule has 6 aromatic heterocycles. The second-order valence-corrected chi connectivity index (χ2v) is 10.2. The van der Waals surface area contributed by atoms with Gasteiger partial charge in [-0.05, 0) is 48.6 Å². The summed E-state index contributed by atoms with van der Waals surface area (Å²) >= 11 is 1.63. The Kier molecular flexibility index (Phi) is 5.24. The van der Waals surface area contributed by atoms with E-state index < -0.39 is 0 Å². The van der Waals surface area contributed by atoms with Gasteiger partial charge in [-0.2, -0.15) is 5.10 Å². The molecule has 1 fully saturated rings. The number of carbonyl (C=O) groups is 1. The predicted molar refractivity (Wildman–Crippen MR) is 144 cm³/mol. The SMILES string of the molecule is O=C(Nc1cncc(-c2ccc3[nH]nc(-c4nc5c(-c6cccs6)nccc5[nH]4)c3n2)c1)C1CCCC1. The zero-order valence-electron chi connectivity index (χ0n) is 19.7. The van der Waals surface area contributed by atoms with E-state index in [1.807, 2.05) is 41.8 Å². The highest BCUT2D eigenvalue weighted by Gasteiger charge is 2.23. The standard InChI is InChI=1S/C27H22N8OS/c36-27(15-4-1-2-5-15)30-17-12-16(13-28-14-17)18-7-8-20-23(31-18)25(35-34-20)26-32-19-9-10-29-24(22(19)33-26)21-6-3-11-37-21/h3,6-15H,1-2,4-5H2,(H,30,36)(H,32,33)(H,34,35). The van der Waals surface area contributed by atoms with Crippen molar-refractivity contribution in [3.05, 3.63) is 60.4 Å². The van der Waals surface area contributed by atoms with Crippen molar-refractivity contribution in [3.63, 3.8) is 0 Å². The minimum atomic E-state index is 0.0678. The van der Waals surface area contributed by atoms with Gasteiger partial charge in [0.15, 0.2) is 11.5 Å². The van der Waals surface area contributed by atoms with E-state index in [1.165, 1.54) is 0 Å². The third kappa shape index (κ3) is 3.95. The Bertz CT molecular complexity index is 1750. The number of nitrogens with zero attached hydrogens (tertiary/aromatic N) is 5. The van der Waals surface area contributed by atoms with Crippen LogP contribution in [-0.4, -0.2) is 41.0 Å². The molecule has 1 aliphatic carbocycles. The Morgan fingerprint density at radius 2 is 1.89 bits per heavy atom. The van der Waals surface area contributed by atoms with Gasteiger partial charge in [-0.1, -0.05) is 18.9 Å². The molecule has 6 heterocycles. The first-order valence-corrected chi connectivity index (χ1v) is 13.1. The summed E-state index contributed by atoms with van der Waals surface area (Å²) in [7, 11) is 0. The number of carbonyl (C=O) groups excluding carboxylic acids is 1. The highest BCUT2D eigenvalue weighted by Crippen LogP contribution is 2.32. The van der Waals surface area contributed by atoms with Crippen molar-refractivity contribution >= 4 is 45.0 Å². The van der Waals surface area contributed by atoms with Gasteiger partial charge >= 0.3 is 0 Å². The van der Waals surface area contributed by atoms with Crippen LogP contribution >= 0.6 is 11.3 Å². The van der Waals surface area contributed by atoms with E-state index in [9.17, 15) is 4.79 Å². The highest BCUT2D eigenvalue weighted by atomic mass is 32.1. The average Bonchev–Trinajstić information content (AvgIpc) is 3.74. The van der Waals surface area contributed by atoms with Crippen molar-refractivity contribution in [1.29, 1.82) is 0 Å². The van der Waals surface area contributed by atoms with Crippen LogP contribution in [0.4, 0.5) is 5.69 Å². The van der Waals surface area contributed by atoms with Crippen LogP contribution in [0.15, 0.2) is 60.4 Å². The number of amides is 1. The fourth-order valence-electron chi connectivity index (χ4n) is 4.95. The molecular formula is C27H22N8OS. The summed E-state index contributed by atoms with van der Waals surface area (Å²) < 4.78 is 0. The molecule has 0 aromatic carbocycles. The molecule has 0 saturated heterocycles. The molecule has 0 bridgehead atoms. The number of nitrogens with one attached hydrogen (secondary N) is 3. The smallest absolute Gasteiger partial charge is 0.227 e. The van der Waals surface area contributed by atoms with Crippen LogP contribution in [0.5, 0.6) is 0 Å². The van der Waals surface area contributed by atoms with E-state index in [4.69, 9.17) is 9.97 Å². The first-order chi connectivity index (χ1) is 18.2. The molecule has 10 heteroatoms. The zero-order chi connectivity index (χ0) is 24.8. The molecule has 7 rings (SSSR count). The second-order valence-electron chi connectivity index (χ2n) is 9.22. The number of fused-ring (bicyclic) bond motifs is 2. The molecule has 1 amide bonds. The van der Waals surface area contributed by atoms with Crippen molar-refractivity contribution in [3.8, 4) is 33.3 Å². The number of thiophene rings is 1. The number of aromatic nitrogens is 7. The van der Waals surface area contributed by atoms with Gasteiger partial charge in [-0.15, -0.1) is 11.3 Å². The Morgan fingerprint density at radius 1 is 1.00 bits per heavy atom. The van der Waals surface area contributed by atoms with Gasteiger partial charge in [0.25, 0.3) is 0 Å². The predicted octanol–water partition coefficient (Wildman–Crippen LogP) is 5.82. The number of aromatic amines is 2. The zero-order valence-corrected chi connectivity index (χ0v) is 20.5. The van der Waals surface area contributed by atoms with Crippen LogP contribution in [0.2, 0.25) is 0 Å². The molecule has 0 spiro atoms. The van der Waals surface area contributed by atoms with Crippen LogP contribution in [0, 0.1) is 5.92 Å². The van der Waals surface area contributed by atoms with Crippen LogP contribution in [0.3, 0.4) is 0 Å². The van der Waals surface area contributed by atoms with Gasteiger partial charge in [0.1, 0.15) is 16.7 Å². The number of imidazole rings is 1. The number of rotatable bonds is 5. The molecule has 6 aromatic rings. The molecular weight excluding hydrogens is 484 g/mol. The second kappa shape index (κ2) is 8.90. The van der Waals surface area contributed by atoms with Gasteiger partial charge in [0.05, 0.1) is 33.5 Å². The van der Waals surface area contributed by atoms with Crippen molar-refractivity contribution in [2.75, 3.05) is 5.32 Å². The third-order valence-electron chi connectivity index (χ3n) is 6.82. The summed E-state index contributed by atoms with van der Waals surface area (Å²) in [5.41, 5.74) is 6.86. The first kappa shape index (κ1) is 21.8. The van der Waals surface area contributed by atoms with Gasteiger partial charge in [-0.3, -0.25) is 19.9 Å². The van der Waals surface area contributed by atoms with Crippen LogP contribution < -0.4 is 5.32 Å². The van der Waals surface area contributed by atoms with Gasteiger partial charge in [0.2, 0.25) is 5.91 Å². The van der Waals surface area contributed by atoms with Crippen molar-refractivity contribution < 1.29 is 4.79 Å². The van der Waals surface area contributed by atoms with E-state index in [0.29, 0.717) is 22.7 Å². The summed E-state index contributed by atoms with van der Waals surface area (Å²) in [5, 5.41) is 12.6. The third-order valence-corrected chi connectivity index (χ3v) is 7.69. The molecule has 1 aliphatic rings. The maximum atomic E-state index is 12.6. The minimum absolute atomic E-state index is 0.0678. The van der Waals surface area contributed by atoms with E-state index in [-0.39, 0.29) is 11.8 Å².